The number of nitrogens with one attached hydrogen (secondary N) is 2. The van der Waals surface area contributed by atoms with Gasteiger partial charge in [-0.2, -0.15) is 0 Å². The van der Waals surface area contributed by atoms with Gasteiger partial charge in [-0.3, -0.25) is 0 Å². The molecule has 0 aliphatic carbocycles. The van der Waals surface area contributed by atoms with Crippen LogP contribution in [0.1, 0.15) is 11.4 Å². The molecule has 0 aliphatic heterocycles. The molecule has 2 aromatic rings. The summed E-state index contributed by atoms with van der Waals surface area (Å²) in [5.41, 5.74) is 8.72. The van der Waals surface area contributed by atoms with Gasteiger partial charge in [-0.05, 0) is 6.07 Å². The minimum absolute atomic E-state index is 0.209. The lowest BCUT2D eigenvalue weighted by Crippen LogP contribution is -2.25. The quantitative estimate of drug-likeness (QED) is 0.717. The van der Waals surface area contributed by atoms with Crippen LogP contribution in [0.5, 0.6) is 0 Å². The Kier molecular flexibility index (Phi) is 4.12. The van der Waals surface area contributed by atoms with Gasteiger partial charge in [0.25, 0.3) is 0 Å². The SMILES string of the molecule is NCc1cc(S(=O)(=O)NCCc2cscn2)c[nH]1. The zero-order chi connectivity index (χ0) is 13.0. The Hall–Kier alpha value is -1.22. The second-order valence-electron chi connectivity index (χ2n) is 3.69. The molecule has 8 heteroatoms. The van der Waals surface area contributed by atoms with E-state index in [0.29, 0.717) is 18.7 Å². The van der Waals surface area contributed by atoms with Gasteiger partial charge in [0.1, 0.15) is 0 Å². The molecule has 2 aromatic heterocycles. The van der Waals surface area contributed by atoms with Crippen LogP contribution in [-0.2, 0) is 23.0 Å². The van der Waals surface area contributed by atoms with E-state index in [-0.39, 0.29) is 11.4 Å². The monoisotopic (exact) mass is 286 g/mol. The Labute approximate surface area is 109 Å². The third kappa shape index (κ3) is 3.16. The first-order valence-electron chi connectivity index (χ1n) is 5.36. The van der Waals surface area contributed by atoms with Crippen LogP contribution in [0.3, 0.4) is 0 Å². The first-order valence-corrected chi connectivity index (χ1v) is 7.78. The molecule has 0 atom stereocenters. The molecule has 6 nitrogen and oxygen atoms in total. The fourth-order valence-electron chi connectivity index (χ4n) is 1.45. The highest BCUT2D eigenvalue weighted by atomic mass is 32.2. The maximum Gasteiger partial charge on any atom is 0.242 e. The van der Waals surface area contributed by atoms with Crippen LogP contribution in [0.2, 0.25) is 0 Å². The Balaban J connectivity index is 1.95. The van der Waals surface area contributed by atoms with Crippen LogP contribution < -0.4 is 10.5 Å². The van der Waals surface area contributed by atoms with Crippen LogP contribution in [-0.4, -0.2) is 24.9 Å². The molecule has 2 heterocycles. The van der Waals surface area contributed by atoms with Crippen LogP contribution in [0.25, 0.3) is 0 Å². The molecule has 0 aromatic carbocycles. The molecule has 4 N–H and O–H groups in total. The molecule has 2 rings (SSSR count). The Morgan fingerprint density at radius 1 is 1.50 bits per heavy atom. The van der Waals surface area contributed by atoms with Crippen molar-refractivity contribution in [3.63, 3.8) is 0 Å². The number of rotatable bonds is 6. The molecule has 18 heavy (non-hydrogen) atoms. The van der Waals surface area contributed by atoms with E-state index >= 15 is 0 Å². The maximum atomic E-state index is 11.9. The number of hydrogen-bond donors (Lipinski definition) is 3. The lowest BCUT2D eigenvalue weighted by Gasteiger charge is -2.03. The largest absolute Gasteiger partial charge is 0.363 e. The molecule has 0 saturated heterocycles. The second kappa shape index (κ2) is 5.61. The van der Waals surface area contributed by atoms with Crippen molar-refractivity contribution in [2.45, 2.75) is 17.9 Å². The second-order valence-corrected chi connectivity index (χ2v) is 6.18. The summed E-state index contributed by atoms with van der Waals surface area (Å²) in [4.78, 5) is 7.11. The van der Waals surface area contributed by atoms with Crippen molar-refractivity contribution in [2.24, 2.45) is 5.73 Å². The molecular weight excluding hydrogens is 272 g/mol. The topological polar surface area (TPSA) is 101 Å². The van der Waals surface area contributed by atoms with Gasteiger partial charge in [-0.15, -0.1) is 11.3 Å². The molecule has 0 spiro atoms. The fourth-order valence-corrected chi connectivity index (χ4v) is 3.09. The summed E-state index contributed by atoms with van der Waals surface area (Å²) in [7, 11) is -3.46. The summed E-state index contributed by atoms with van der Waals surface area (Å²) in [6.45, 7) is 0.615. The standard InChI is InChI=1S/C10H14N4O2S2/c11-4-9-3-10(5-12-9)18(15,16)14-2-1-8-6-17-7-13-8/h3,5-7,12,14H,1-2,4,11H2. The van der Waals surface area contributed by atoms with Crippen molar-refractivity contribution in [1.29, 1.82) is 0 Å². The maximum absolute atomic E-state index is 11.9. The number of aromatic nitrogens is 2. The van der Waals surface area contributed by atoms with E-state index in [2.05, 4.69) is 14.7 Å². The first-order chi connectivity index (χ1) is 8.62. The highest BCUT2D eigenvalue weighted by Gasteiger charge is 2.15. The van der Waals surface area contributed by atoms with Gasteiger partial charge in [0.2, 0.25) is 10.0 Å². The molecule has 0 fully saturated rings. The molecule has 98 valence electrons. The lowest BCUT2D eigenvalue weighted by atomic mass is 10.3. The first kappa shape index (κ1) is 13.2. The van der Waals surface area contributed by atoms with Crippen LogP contribution >= 0.6 is 11.3 Å². The van der Waals surface area contributed by atoms with E-state index < -0.39 is 10.0 Å². The summed E-state index contributed by atoms with van der Waals surface area (Å²) < 4.78 is 26.3. The van der Waals surface area contributed by atoms with Crippen molar-refractivity contribution in [2.75, 3.05) is 6.54 Å². The molecule has 0 aliphatic rings. The van der Waals surface area contributed by atoms with Crippen molar-refractivity contribution >= 4 is 21.4 Å². The Bertz CT molecular complexity index is 589. The number of nitrogens with zero attached hydrogens (tertiary/aromatic N) is 1. The van der Waals surface area contributed by atoms with Crippen LogP contribution in [0.15, 0.2) is 28.0 Å². The van der Waals surface area contributed by atoms with Gasteiger partial charge in [-0.1, -0.05) is 0 Å². The summed E-state index contributed by atoms with van der Waals surface area (Å²) in [6.07, 6.45) is 2.02. The molecule has 0 bridgehead atoms. The van der Waals surface area contributed by atoms with E-state index in [1.165, 1.54) is 23.6 Å². The zero-order valence-electron chi connectivity index (χ0n) is 9.59. The van der Waals surface area contributed by atoms with E-state index in [4.69, 9.17) is 5.73 Å². The van der Waals surface area contributed by atoms with Crippen molar-refractivity contribution in [3.8, 4) is 0 Å². The van der Waals surface area contributed by atoms with Crippen LogP contribution in [0, 0.1) is 0 Å². The van der Waals surface area contributed by atoms with Crippen LogP contribution in [0.4, 0.5) is 0 Å². The van der Waals surface area contributed by atoms with Gasteiger partial charge in [0, 0.05) is 36.8 Å². The summed E-state index contributed by atoms with van der Waals surface area (Å²) in [5.74, 6) is 0. The van der Waals surface area contributed by atoms with Crippen molar-refractivity contribution < 1.29 is 8.42 Å². The fraction of sp³-hybridized carbons (Fsp3) is 0.300. The number of hydrogen-bond acceptors (Lipinski definition) is 5. The molecule has 0 saturated carbocycles. The summed E-state index contributed by atoms with van der Waals surface area (Å²) in [6, 6.07) is 1.53. The Morgan fingerprint density at radius 3 is 2.94 bits per heavy atom. The van der Waals surface area contributed by atoms with Gasteiger partial charge in [0.05, 0.1) is 16.1 Å². The molecule has 0 amide bonds. The molecular formula is C10H14N4O2S2. The minimum atomic E-state index is -3.46. The van der Waals surface area contributed by atoms with Gasteiger partial charge < -0.3 is 10.7 Å². The zero-order valence-corrected chi connectivity index (χ0v) is 11.2. The Morgan fingerprint density at radius 2 is 2.33 bits per heavy atom. The third-order valence-corrected chi connectivity index (χ3v) is 4.48. The number of aromatic amines is 1. The summed E-state index contributed by atoms with van der Waals surface area (Å²) >= 11 is 1.49. The third-order valence-electron chi connectivity index (χ3n) is 2.40. The van der Waals surface area contributed by atoms with E-state index in [9.17, 15) is 8.42 Å². The highest BCUT2D eigenvalue weighted by Crippen LogP contribution is 2.10. The van der Waals surface area contributed by atoms with E-state index in [1.807, 2.05) is 5.38 Å². The number of sulfonamides is 1. The average molecular weight is 286 g/mol. The number of thiazole rings is 1. The normalized spacial score (nSPS) is 11.8. The molecule has 0 radical (unpaired) electrons. The van der Waals surface area contributed by atoms with Gasteiger partial charge >= 0.3 is 0 Å². The van der Waals surface area contributed by atoms with Crippen molar-refractivity contribution in [3.05, 3.63) is 34.5 Å². The number of nitrogens with two attached hydrogens (primary N) is 1. The minimum Gasteiger partial charge on any atom is -0.363 e. The highest BCUT2D eigenvalue weighted by molar-refractivity contribution is 7.89. The van der Waals surface area contributed by atoms with Crippen molar-refractivity contribution in [1.82, 2.24) is 14.7 Å². The van der Waals surface area contributed by atoms with Gasteiger partial charge in [0.15, 0.2) is 0 Å². The predicted octanol–water partition coefficient (Wildman–Crippen LogP) is 0.451. The summed E-state index contributed by atoms with van der Waals surface area (Å²) in [5, 5.41) is 1.90. The molecule has 0 unspecified atom stereocenters. The number of H-pyrrole nitrogens is 1. The predicted molar refractivity (Wildman–Crippen MR) is 69.7 cm³/mol. The lowest BCUT2D eigenvalue weighted by molar-refractivity contribution is 0.581. The van der Waals surface area contributed by atoms with E-state index in [1.54, 1.807) is 5.51 Å². The van der Waals surface area contributed by atoms with Gasteiger partial charge in [-0.25, -0.2) is 18.1 Å². The van der Waals surface area contributed by atoms with E-state index in [0.717, 1.165) is 5.69 Å². The average Bonchev–Trinajstić information content (AvgIpc) is 2.99. The smallest absolute Gasteiger partial charge is 0.242 e.